The average Bonchev–Trinajstić information content (AvgIpc) is 2.84. The molecule has 4 nitrogen and oxygen atoms in total. The average molecular weight is 237 g/mol. The second-order valence-corrected chi connectivity index (χ2v) is 4.43. The molecular formula is C13H19NO3. The van der Waals surface area contributed by atoms with Gasteiger partial charge in [-0.15, -0.1) is 0 Å². The van der Waals surface area contributed by atoms with Gasteiger partial charge in [0.1, 0.15) is 11.5 Å². The Balaban J connectivity index is 1.87. The molecule has 1 aromatic carbocycles. The number of benzene rings is 1. The van der Waals surface area contributed by atoms with Crippen molar-refractivity contribution < 1.29 is 14.6 Å². The first-order valence-corrected chi connectivity index (χ1v) is 5.99. The van der Waals surface area contributed by atoms with Crippen LogP contribution in [0.1, 0.15) is 6.42 Å². The van der Waals surface area contributed by atoms with Gasteiger partial charge in [-0.1, -0.05) is 6.07 Å². The van der Waals surface area contributed by atoms with E-state index in [4.69, 9.17) is 15.2 Å². The fraction of sp³-hybridized carbons (Fsp3) is 0.538. The summed E-state index contributed by atoms with van der Waals surface area (Å²) in [5.74, 6) is 1.72. The summed E-state index contributed by atoms with van der Waals surface area (Å²) in [5.41, 5.74) is 5.76. The van der Waals surface area contributed by atoms with Crippen LogP contribution in [-0.2, 0) is 4.74 Å². The van der Waals surface area contributed by atoms with E-state index in [1.807, 2.05) is 6.07 Å². The molecule has 1 aromatic rings. The van der Waals surface area contributed by atoms with Gasteiger partial charge in [0.25, 0.3) is 0 Å². The smallest absolute Gasteiger partial charge is 0.122 e. The fourth-order valence-electron chi connectivity index (χ4n) is 2.10. The lowest BCUT2D eigenvalue weighted by Crippen LogP contribution is -2.29. The van der Waals surface area contributed by atoms with E-state index in [-0.39, 0.29) is 5.75 Å². The van der Waals surface area contributed by atoms with Crippen LogP contribution in [0.5, 0.6) is 11.5 Å². The third kappa shape index (κ3) is 3.35. The van der Waals surface area contributed by atoms with Crippen molar-refractivity contribution in [2.75, 3.05) is 26.4 Å². The molecular weight excluding hydrogens is 218 g/mol. The van der Waals surface area contributed by atoms with Crippen LogP contribution in [0.15, 0.2) is 24.3 Å². The number of aromatic hydroxyl groups is 1. The SMILES string of the molecule is NCC(COc1cccc(O)c1)C1CCOC1. The highest BCUT2D eigenvalue weighted by molar-refractivity contribution is 5.31. The van der Waals surface area contributed by atoms with Crippen molar-refractivity contribution in [3.05, 3.63) is 24.3 Å². The second kappa shape index (κ2) is 5.89. The normalized spacial score (nSPS) is 21.4. The summed E-state index contributed by atoms with van der Waals surface area (Å²) >= 11 is 0. The highest BCUT2D eigenvalue weighted by Crippen LogP contribution is 2.23. The van der Waals surface area contributed by atoms with Crippen molar-refractivity contribution in [3.8, 4) is 11.5 Å². The van der Waals surface area contributed by atoms with Crippen LogP contribution in [0, 0.1) is 11.8 Å². The van der Waals surface area contributed by atoms with Crippen LogP contribution in [0.25, 0.3) is 0 Å². The lowest BCUT2D eigenvalue weighted by Gasteiger charge is -2.20. The third-order valence-corrected chi connectivity index (χ3v) is 3.22. The van der Waals surface area contributed by atoms with Crippen molar-refractivity contribution >= 4 is 0 Å². The van der Waals surface area contributed by atoms with Crippen molar-refractivity contribution in [2.45, 2.75) is 6.42 Å². The van der Waals surface area contributed by atoms with E-state index in [9.17, 15) is 5.11 Å². The number of nitrogens with two attached hydrogens (primary N) is 1. The first-order chi connectivity index (χ1) is 8.29. The highest BCUT2D eigenvalue weighted by Gasteiger charge is 2.25. The lowest BCUT2D eigenvalue weighted by atomic mass is 9.92. The van der Waals surface area contributed by atoms with Crippen LogP contribution in [0.4, 0.5) is 0 Å². The predicted molar refractivity (Wildman–Crippen MR) is 65.1 cm³/mol. The van der Waals surface area contributed by atoms with E-state index >= 15 is 0 Å². The van der Waals surface area contributed by atoms with Crippen LogP contribution in [-0.4, -0.2) is 31.5 Å². The molecule has 0 bridgehead atoms. The zero-order valence-corrected chi connectivity index (χ0v) is 9.84. The summed E-state index contributed by atoms with van der Waals surface area (Å²) in [7, 11) is 0. The number of phenols is 1. The second-order valence-electron chi connectivity index (χ2n) is 4.43. The number of ether oxygens (including phenoxy) is 2. The quantitative estimate of drug-likeness (QED) is 0.812. The summed E-state index contributed by atoms with van der Waals surface area (Å²) in [5, 5.41) is 9.32. The Morgan fingerprint density at radius 3 is 3.06 bits per heavy atom. The standard InChI is InChI=1S/C13H19NO3/c14-7-11(10-4-5-16-8-10)9-17-13-3-1-2-12(15)6-13/h1-3,6,10-11,15H,4-5,7-9,14H2. The van der Waals surface area contributed by atoms with Gasteiger partial charge in [0.05, 0.1) is 6.61 Å². The predicted octanol–water partition coefficient (Wildman–Crippen LogP) is 1.38. The van der Waals surface area contributed by atoms with E-state index in [2.05, 4.69) is 0 Å². The minimum atomic E-state index is 0.219. The Bertz CT molecular complexity index is 350. The van der Waals surface area contributed by atoms with Gasteiger partial charge >= 0.3 is 0 Å². The summed E-state index contributed by atoms with van der Waals surface area (Å²) < 4.78 is 11.0. The molecule has 3 N–H and O–H groups in total. The Labute approximate surface area is 101 Å². The molecule has 2 unspecified atom stereocenters. The van der Waals surface area contributed by atoms with Gasteiger partial charge in [-0.2, -0.15) is 0 Å². The van der Waals surface area contributed by atoms with E-state index in [0.717, 1.165) is 19.6 Å². The molecule has 0 aromatic heterocycles. The van der Waals surface area contributed by atoms with Gasteiger partial charge in [0.15, 0.2) is 0 Å². The number of hydrogen-bond acceptors (Lipinski definition) is 4. The zero-order chi connectivity index (χ0) is 12.1. The topological polar surface area (TPSA) is 64.7 Å². The van der Waals surface area contributed by atoms with Gasteiger partial charge in [0.2, 0.25) is 0 Å². The largest absolute Gasteiger partial charge is 0.508 e. The molecule has 0 radical (unpaired) electrons. The molecule has 0 saturated carbocycles. The molecule has 0 spiro atoms. The molecule has 2 rings (SSSR count). The molecule has 17 heavy (non-hydrogen) atoms. The summed E-state index contributed by atoms with van der Waals surface area (Å²) in [6.07, 6.45) is 1.06. The Morgan fingerprint density at radius 1 is 1.53 bits per heavy atom. The fourth-order valence-corrected chi connectivity index (χ4v) is 2.10. The van der Waals surface area contributed by atoms with Crippen LogP contribution < -0.4 is 10.5 Å². The first-order valence-electron chi connectivity index (χ1n) is 5.99. The molecule has 94 valence electrons. The number of phenolic OH excluding ortho intramolecular Hbond substituents is 1. The van der Waals surface area contributed by atoms with Crippen molar-refractivity contribution in [2.24, 2.45) is 17.6 Å². The van der Waals surface area contributed by atoms with Crippen LogP contribution in [0.3, 0.4) is 0 Å². The maximum absolute atomic E-state index is 9.32. The summed E-state index contributed by atoms with van der Waals surface area (Å²) in [6.45, 7) is 2.79. The Morgan fingerprint density at radius 2 is 2.41 bits per heavy atom. The number of rotatable bonds is 5. The van der Waals surface area contributed by atoms with E-state index in [0.29, 0.717) is 30.7 Å². The molecule has 1 aliphatic heterocycles. The Kier molecular flexibility index (Phi) is 4.23. The molecule has 0 amide bonds. The first kappa shape index (κ1) is 12.2. The molecule has 0 aliphatic carbocycles. The molecule has 4 heteroatoms. The van der Waals surface area contributed by atoms with Gasteiger partial charge in [-0.05, 0) is 31.0 Å². The highest BCUT2D eigenvalue weighted by atomic mass is 16.5. The lowest BCUT2D eigenvalue weighted by molar-refractivity contribution is 0.150. The third-order valence-electron chi connectivity index (χ3n) is 3.22. The van der Waals surface area contributed by atoms with Crippen molar-refractivity contribution in [1.82, 2.24) is 0 Å². The van der Waals surface area contributed by atoms with Gasteiger partial charge < -0.3 is 20.3 Å². The van der Waals surface area contributed by atoms with Gasteiger partial charge in [0, 0.05) is 25.2 Å². The van der Waals surface area contributed by atoms with Crippen LogP contribution in [0.2, 0.25) is 0 Å². The van der Waals surface area contributed by atoms with Crippen molar-refractivity contribution in [1.29, 1.82) is 0 Å². The van der Waals surface area contributed by atoms with E-state index < -0.39 is 0 Å². The molecule has 1 aliphatic rings. The molecule has 1 fully saturated rings. The van der Waals surface area contributed by atoms with Crippen LogP contribution >= 0.6 is 0 Å². The molecule has 1 saturated heterocycles. The monoisotopic (exact) mass is 237 g/mol. The Hall–Kier alpha value is -1.26. The van der Waals surface area contributed by atoms with Gasteiger partial charge in [-0.25, -0.2) is 0 Å². The molecule has 2 atom stereocenters. The van der Waals surface area contributed by atoms with Gasteiger partial charge in [-0.3, -0.25) is 0 Å². The minimum absolute atomic E-state index is 0.219. The van der Waals surface area contributed by atoms with Crippen molar-refractivity contribution in [3.63, 3.8) is 0 Å². The summed E-state index contributed by atoms with van der Waals surface area (Å²) in [4.78, 5) is 0. The number of hydrogen-bond donors (Lipinski definition) is 2. The maximum Gasteiger partial charge on any atom is 0.122 e. The zero-order valence-electron chi connectivity index (χ0n) is 9.84. The van der Waals surface area contributed by atoms with E-state index in [1.165, 1.54) is 0 Å². The molecule has 1 heterocycles. The maximum atomic E-state index is 9.32. The van der Waals surface area contributed by atoms with E-state index in [1.54, 1.807) is 18.2 Å². The summed E-state index contributed by atoms with van der Waals surface area (Å²) in [6, 6.07) is 6.83. The minimum Gasteiger partial charge on any atom is -0.508 e.